The molecule has 0 bridgehead atoms. The Balaban J connectivity index is 1.37. The van der Waals surface area contributed by atoms with E-state index in [1.807, 2.05) is 0 Å². The fraction of sp³-hybridized carbons (Fsp3) is 0.889. The van der Waals surface area contributed by atoms with E-state index in [1.54, 1.807) is 0 Å². The Kier molecular flexibility index (Phi) is 3.20. The van der Waals surface area contributed by atoms with Gasteiger partial charge in [-0.3, -0.25) is 0 Å². The normalized spacial score (nSPS) is 45.1. The van der Waals surface area contributed by atoms with Crippen LogP contribution in [0, 0.1) is 0 Å². The minimum atomic E-state index is -0.349. The Hall–Kier alpha value is -0.420. The van der Waals surface area contributed by atoms with E-state index in [-0.39, 0.29) is 36.0 Å². The van der Waals surface area contributed by atoms with Gasteiger partial charge < -0.3 is 18.9 Å². The third-order valence-corrected chi connectivity index (χ3v) is 6.10. The zero-order valence-electron chi connectivity index (χ0n) is 13.2. The molecule has 0 amide bonds. The first kappa shape index (κ1) is 14.0. The van der Waals surface area contributed by atoms with Crippen LogP contribution in [-0.2, 0) is 18.9 Å². The Labute approximate surface area is 132 Å². The average Bonchev–Trinajstić information content (AvgIpc) is 3.07. The van der Waals surface area contributed by atoms with Gasteiger partial charge in [-0.2, -0.15) is 0 Å². The Morgan fingerprint density at radius 2 is 0.955 bits per heavy atom. The van der Waals surface area contributed by atoms with Gasteiger partial charge in [-0.1, -0.05) is 25.0 Å². The van der Waals surface area contributed by atoms with Gasteiger partial charge in [-0.15, -0.1) is 0 Å². The quantitative estimate of drug-likeness (QED) is 0.642. The molecule has 4 fully saturated rings. The molecule has 2 heterocycles. The van der Waals surface area contributed by atoms with E-state index in [0.29, 0.717) is 0 Å². The van der Waals surface area contributed by atoms with Crippen LogP contribution < -0.4 is 0 Å². The zero-order valence-corrected chi connectivity index (χ0v) is 13.2. The molecule has 4 heteroatoms. The first-order valence-corrected chi connectivity index (χ1v) is 9.17. The zero-order chi connectivity index (χ0) is 14.6. The first-order chi connectivity index (χ1) is 10.8. The lowest BCUT2D eigenvalue weighted by atomic mass is 9.94. The van der Waals surface area contributed by atoms with Crippen molar-refractivity contribution >= 4 is 0 Å². The molecule has 0 aromatic heterocycles. The summed E-state index contributed by atoms with van der Waals surface area (Å²) in [5.74, 6) is -0.697. The molecule has 0 unspecified atom stereocenters. The Morgan fingerprint density at radius 3 is 1.36 bits per heavy atom. The summed E-state index contributed by atoms with van der Waals surface area (Å²) in [6.07, 6.45) is 15.9. The molecule has 0 aromatic carbocycles. The van der Waals surface area contributed by atoms with Crippen LogP contribution >= 0.6 is 0 Å². The van der Waals surface area contributed by atoms with Crippen molar-refractivity contribution in [2.45, 2.75) is 100 Å². The van der Waals surface area contributed by atoms with Crippen LogP contribution in [0.15, 0.2) is 12.2 Å². The van der Waals surface area contributed by atoms with Crippen molar-refractivity contribution in [2.24, 2.45) is 0 Å². The van der Waals surface area contributed by atoms with Crippen LogP contribution in [0.2, 0.25) is 0 Å². The molecule has 2 saturated carbocycles. The third-order valence-electron chi connectivity index (χ3n) is 6.10. The van der Waals surface area contributed by atoms with E-state index in [4.69, 9.17) is 18.9 Å². The van der Waals surface area contributed by atoms with Gasteiger partial charge in [0, 0.05) is 25.7 Å². The smallest absolute Gasteiger partial charge is 0.169 e. The van der Waals surface area contributed by atoms with Crippen molar-refractivity contribution < 1.29 is 18.9 Å². The van der Waals surface area contributed by atoms with Crippen molar-refractivity contribution in [1.82, 2.24) is 0 Å². The minimum Gasteiger partial charge on any atom is -0.341 e. The fourth-order valence-electron chi connectivity index (χ4n) is 4.99. The molecule has 2 saturated heterocycles. The Bertz CT molecular complexity index is 420. The molecule has 0 aromatic rings. The average molecular weight is 306 g/mol. The third kappa shape index (κ3) is 2.11. The van der Waals surface area contributed by atoms with Gasteiger partial charge in [-0.25, -0.2) is 0 Å². The number of rotatable bonds is 0. The van der Waals surface area contributed by atoms with Gasteiger partial charge in [0.15, 0.2) is 11.6 Å². The van der Waals surface area contributed by atoms with Crippen LogP contribution in [0.4, 0.5) is 0 Å². The number of ether oxygens (including phenoxy) is 4. The number of hydrogen-bond acceptors (Lipinski definition) is 4. The lowest BCUT2D eigenvalue weighted by Gasteiger charge is -2.33. The number of hydrogen-bond donors (Lipinski definition) is 0. The summed E-state index contributed by atoms with van der Waals surface area (Å²) in [6.45, 7) is 0. The van der Waals surface area contributed by atoms with Crippen molar-refractivity contribution in [3.8, 4) is 0 Å². The van der Waals surface area contributed by atoms with Crippen LogP contribution in [0.3, 0.4) is 0 Å². The second-order valence-electron chi connectivity index (χ2n) is 7.66. The van der Waals surface area contributed by atoms with Crippen LogP contribution in [0.5, 0.6) is 0 Å². The highest BCUT2D eigenvalue weighted by molar-refractivity contribution is 5.15. The van der Waals surface area contributed by atoms with Crippen molar-refractivity contribution in [1.29, 1.82) is 0 Å². The predicted octanol–water partition coefficient (Wildman–Crippen LogP) is 3.45. The minimum absolute atomic E-state index is 0.00871. The molecular formula is C18H26O4. The summed E-state index contributed by atoms with van der Waals surface area (Å²) < 4.78 is 25.6. The van der Waals surface area contributed by atoms with E-state index in [2.05, 4.69) is 12.2 Å². The van der Waals surface area contributed by atoms with Crippen LogP contribution in [0.1, 0.15) is 64.2 Å². The van der Waals surface area contributed by atoms with Gasteiger partial charge in [0.25, 0.3) is 0 Å². The monoisotopic (exact) mass is 306 g/mol. The number of fused-ring (bicyclic) bond motifs is 3. The summed E-state index contributed by atoms with van der Waals surface area (Å²) in [5.41, 5.74) is 0. The van der Waals surface area contributed by atoms with Crippen molar-refractivity contribution in [2.75, 3.05) is 0 Å². The highest BCUT2D eigenvalue weighted by Crippen LogP contribution is 2.49. The molecule has 4 atom stereocenters. The first-order valence-electron chi connectivity index (χ1n) is 9.17. The van der Waals surface area contributed by atoms with Gasteiger partial charge in [0.05, 0.1) is 0 Å². The van der Waals surface area contributed by atoms with Gasteiger partial charge in [0.1, 0.15) is 24.4 Å². The maximum atomic E-state index is 6.46. The lowest BCUT2D eigenvalue weighted by molar-refractivity contribution is -0.217. The van der Waals surface area contributed by atoms with Crippen LogP contribution in [-0.4, -0.2) is 36.0 Å². The van der Waals surface area contributed by atoms with Gasteiger partial charge in [0.2, 0.25) is 0 Å². The second-order valence-corrected chi connectivity index (χ2v) is 7.66. The Morgan fingerprint density at radius 1 is 0.545 bits per heavy atom. The van der Waals surface area contributed by atoms with E-state index >= 15 is 0 Å². The standard InChI is InChI=1S/C18H26O4/c1-3-9-17(10-4-1)19-13-7-8-14-16(15(13)21-17)22-18(20-14)11-5-2-6-12-18/h7-8,13-16H,1-6,9-12H2/t13-,14-,15-,16+/m1/s1. The molecule has 22 heavy (non-hydrogen) atoms. The molecule has 5 rings (SSSR count). The maximum Gasteiger partial charge on any atom is 0.169 e. The van der Waals surface area contributed by atoms with Gasteiger partial charge in [-0.05, 0) is 25.7 Å². The predicted molar refractivity (Wildman–Crippen MR) is 80.3 cm³/mol. The molecular weight excluding hydrogens is 280 g/mol. The van der Waals surface area contributed by atoms with E-state index in [0.717, 1.165) is 25.7 Å². The molecule has 4 nitrogen and oxygen atoms in total. The van der Waals surface area contributed by atoms with Gasteiger partial charge >= 0.3 is 0 Å². The van der Waals surface area contributed by atoms with E-state index < -0.39 is 0 Å². The van der Waals surface area contributed by atoms with E-state index in [9.17, 15) is 0 Å². The highest BCUT2D eigenvalue weighted by Gasteiger charge is 2.58. The SMILES string of the molecule is C1=C[C@H]2OC3(CCCCC3)O[C@H]2[C@H]2OC3(CCCCC3)O[C@H]12. The van der Waals surface area contributed by atoms with Crippen LogP contribution in [0.25, 0.3) is 0 Å². The largest absolute Gasteiger partial charge is 0.341 e. The summed E-state index contributed by atoms with van der Waals surface area (Å²) in [4.78, 5) is 0. The second kappa shape index (κ2) is 5.04. The van der Waals surface area contributed by atoms with Crippen molar-refractivity contribution in [3.05, 3.63) is 12.2 Å². The molecule has 0 radical (unpaired) electrons. The molecule has 2 spiro atoms. The molecule has 122 valence electrons. The summed E-state index contributed by atoms with van der Waals surface area (Å²) >= 11 is 0. The van der Waals surface area contributed by atoms with Crippen molar-refractivity contribution in [3.63, 3.8) is 0 Å². The molecule has 0 N–H and O–H groups in total. The molecule has 5 aliphatic rings. The maximum absolute atomic E-state index is 6.46. The lowest BCUT2D eigenvalue weighted by Crippen LogP contribution is -2.44. The summed E-state index contributed by atoms with van der Waals surface area (Å²) in [6, 6.07) is 0. The fourth-order valence-corrected chi connectivity index (χ4v) is 4.99. The summed E-state index contributed by atoms with van der Waals surface area (Å²) in [7, 11) is 0. The summed E-state index contributed by atoms with van der Waals surface area (Å²) in [5, 5.41) is 0. The highest BCUT2D eigenvalue weighted by atomic mass is 16.8. The topological polar surface area (TPSA) is 36.9 Å². The molecule has 2 aliphatic heterocycles. The molecule has 3 aliphatic carbocycles. The van der Waals surface area contributed by atoms with E-state index in [1.165, 1.54) is 38.5 Å².